The average Bonchev–Trinajstić information content (AvgIpc) is 2.62. The molecule has 0 spiro atoms. The lowest BCUT2D eigenvalue weighted by atomic mass is 10.0. The van der Waals surface area contributed by atoms with E-state index in [0.29, 0.717) is 12.5 Å². The molecule has 2 fully saturated rings. The van der Waals surface area contributed by atoms with Crippen LogP contribution in [0, 0.1) is 11.8 Å². The van der Waals surface area contributed by atoms with Gasteiger partial charge in [0.2, 0.25) is 5.91 Å². The molecule has 0 bridgehead atoms. The predicted molar refractivity (Wildman–Crippen MR) is 59.8 cm³/mol. The summed E-state index contributed by atoms with van der Waals surface area (Å²) in [4.78, 5) is 11.9. The maximum absolute atomic E-state index is 11.9. The lowest BCUT2D eigenvalue weighted by Gasteiger charge is -2.22. The fourth-order valence-corrected chi connectivity index (χ4v) is 2.80. The van der Waals surface area contributed by atoms with E-state index in [2.05, 4.69) is 12.2 Å². The summed E-state index contributed by atoms with van der Waals surface area (Å²) in [6, 6.07) is 0. The van der Waals surface area contributed by atoms with Gasteiger partial charge in [0.25, 0.3) is 0 Å². The number of carbonyl (C=O) groups is 1. The highest BCUT2D eigenvalue weighted by Gasteiger charge is 2.54. The largest absolute Gasteiger partial charge is 0.356 e. The van der Waals surface area contributed by atoms with Crippen LogP contribution in [0.5, 0.6) is 0 Å². The van der Waals surface area contributed by atoms with E-state index in [1.165, 1.54) is 0 Å². The van der Waals surface area contributed by atoms with Crippen molar-refractivity contribution in [3.63, 3.8) is 0 Å². The van der Waals surface area contributed by atoms with Crippen LogP contribution in [-0.4, -0.2) is 30.4 Å². The quantitative estimate of drug-likeness (QED) is 0.773. The van der Waals surface area contributed by atoms with Crippen molar-refractivity contribution in [3.8, 4) is 0 Å². The van der Waals surface area contributed by atoms with Crippen LogP contribution in [0.4, 0.5) is 0 Å². The molecule has 92 valence electrons. The Labute approximate surface area is 96.7 Å². The van der Waals surface area contributed by atoms with E-state index in [4.69, 9.17) is 9.47 Å². The second-order valence-corrected chi connectivity index (χ2v) is 5.28. The molecule has 0 aromatic carbocycles. The molecule has 4 atom stereocenters. The van der Waals surface area contributed by atoms with E-state index >= 15 is 0 Å². The molecule has 1 N–H and O–H groups in total. The lowest BCUT2D eigenvalue weighted by molar-refractivity contribution is -0.163. The molecule has 1 amide bonds. The van der Waals surface area contributed by atoms with E-state index in [0.717, 1.165) is 6.42 Å². The minimum atomic E-state index is -0.547. The van der Waals surface area contributed by atoms with Crippen LogP contribution >= 0.6 is 0 Å². The van der Waals surface area contributed by atoms with E-state index in [9.17, 15) is 4.79 Å². The zero-order valence-electron chi connectivity index (χ0n) is 10.4. The molecule has 4 unspecified atom stereocenters. The molecule has 1 aliphatic carbocycles. The topological polar surface area (TPSA) is 47.6 Å². The van der Waals surface area contributed by atoms with Crippen molar-refractivity contribution >= 4 is 5.91 Å². The smallest absolute Gasteiger partial charge is 0.225 e. The molecule has 0 aromatic rings. The number of ether oxygens (including phenoxy) is 2. The zero-order chi connectivity index (χ0) is 11.9. The Morgan fingerprint density at radius 2 is 2.00 bits per heavy atom. The van der Waals surface area contributed by atoms with Crippen LogP contribution < -0.4 is 5.32 Å². The highest BCUT2D eigenvalue weighted by Crippen LogP contribution is 2.44. The SMILES string of the molecule is CCNC(=O)C1CC(C)C2OC(C)(C)OC12. The van der Waals surface area contributed by atoms with Gasteiger partial charge in [0.1, 0.15) is 0 Å². The van der Waals surface area contributed by atoms with Gasteiger partial charge in [-0.3, -0.25) is 4.79 Å². The highest BCUT2D eigenvalue weighted by molar-refractivity contribution is 5.79. The fraction of sp³-hybridized carbons (Fsp3) is 0.917. The number of hydrogen-bond donors (Lipinski definition) is 1. The Bertz CT molecular complexity index is 290. The van der Waals surface area contributed by atoms with Gasteiger partial charge in [0.05, 0.1) is 18.1 Å². The molecule has 1 heterocycles. The molecule has 2 aliphatic rings. The minimum absolute atomic E-state index is 0.0540. The van der Waals surface area contributed by atoms with Crippen molar-refractivity contribution in [1.29, 1.82) is 0 Å². The second kappa shape index (κ2) is 4.00. The van der Waals surface area contributed by atoms with Crippen LogP contribution in [0.3, 0.4) is 0 Å². The molecule has 1 saturated carbocycles. The van der Waals surface area contributed by atoms with E-state index in [1.807, 2.05) is 20.8 Å². The third-order valence-electron chi connectivity index (χ3n) is 3.43. The van der Waals surface area contributed by atoms with Gasteiger partial charge in [-0.15, -0.1) is 0 Å². The van der Waals surface area contributed by atoms with Crippen LogP contribution in [0.1, 0.15) is 34.1 Å². The summed E-state index contributed by atoms with van der Waals surface area (Å²) < 4.78 is 11.7. The number of amides is 1. The van der Waals surface area contributed by atoms with E-state index in [-0.39, 0.29) is 24.0 Å². The summed E-state index contributed by atoms with van der Waals surface area (Å²) in [6.45, 7) is 8.55. The molecule has 4 heteroatoms. The van der Waals surface area contributed by atoms with Gasteiger partial charge in [0, 0.05) is 6.54 Å². The minimum Gasteiger partial charge on any atom is -0.356 e. The molecular formula is C12H21NO3. The number of hydrogen-bond acceptors (Lipinski definition) is 3. The molecule has 1 saturated heterocycles. The summed E-state index contributed by atoms with van der Waals surface area (Å²) in [5, 5.41) is 2.87. The molecule has 0 aromatic heterocycles. The van der Waals surface area contributed by atoms with Crippen molar-refractivity contribution in [3.05, 3.63) is 0 Å². The van der Waals surface area contributed by atoms with Crippen molar-refractivity contribution in [1.82, 2.24) is 5.32 Å². The highest BCUT2D eigenvalue weighted by atomic mass is 16.8. The molecular weight excluding hydrogens is 206 g/mol. The van der Waals surface area contributed by atoms with Gasteiger partial charge >= 0.3 is 0 Å². The van der Waals surface area contributed by atoms with Crippen molar-refractivity contribution < 1.29 is 14.3 Å². The second-order valence-electron chi connectivity index (χ2n) is 5.28. The first-order chi connectivity index (χ1) is 7.44. The first-order valence-corrected chi connectivity index (χ1v) is 6.08. The maximum Gasteiger partial charge on any atom is 0.225 e. The summed E-state index contributed by atoms with van der Waals surface area (Å²) in [6.07, 6.45) is 0.858. The maximum atomic E-state index is 11.9. The van der Waals surface area contributed by atoms with Crippen LogP contribution in [0.2, 0.25) is 0 Å². The lowest BCUT2D eigenvalue weighted by Crippen LogP contribution is -2.37. The number of fused-ring (bicyclic) bond motifs is 1. The first-order valence-electron chi connectivity index (χ1n) is 6.08. The normalized spacial score (nSPS) is 40.8. The Morgan fingerprint density at radius 1 is 1.38 bits per heavy atom. The van der Waals surface area contributed by atoms with Crippen LogP contribution in [-0.2, 0) is 14.3 Å². The molecule has 16 heavy (non-hydrogen) atoms. The Morgan fingerprint density at radius 3 is 2.62 bits per heavy atom. The fourth-order valence-electron chi connectivity index (χ4n) is 2.80. The van der Waals surface area contributed by atoms with Crippen molar-refractivity contribution in [2.24, 2.45) is 11.8 Å². The number of nitrogens with one attached hydrogen (secondary N) is 1. The van der Waals surface area contributed by atoms with Gasteiger partial charge in [-0.1, -0.05) is 6.92 Å². The first kappa shape index (κ1) is 11.9. The number of rotatable bonds is 2. The Kier molecular flexibility index (Phi) is 2.97. The number of carbonyl (C=O) groups excluding carboxylic acids is 1. The van der Waals surface area contributed by atoms with Gasteiger partial charge in [-0.05, 0) is 33.1 Å². The zero-order valence-corrected chi connectivity index (χ0v) is 10.4. The third-order valence-corrected chi connectivity index (χ3v) is 3.43. The van der Waals surface area contributed by atoms with Crippen molar-refractivity contribution in [2.75, 3.05) is 6.54 Å². The molecule has 0 radical (unpaired) electrons. The predicted octanol–water partition coefficient (Wildman–Crippen LogP) is 1.30. The Hall–Kier alpha value is -0.610. The van der Waals surface area contributed by atoms with E-state index < -0.39 is 5.79 Å². The molecule has 4 nitrogen and oxygen atoms in total. The van der Waals surface area contributed by atoms with Gasteiger partial charge in [-0.25, -0.2) is 0 Å². The average molecular weight is 227 g/mol. The summed E-state index contributed by atoms with van der Waals surface area (Å²) in [7, 11) is 0. The standard InChI is InChI=1S/C12H21NO3/c1-5-13-11(14)8-6-7(2)9-10(8)16-12(3,4)15-9/h7-10H,5-6H2,1-4H3,(H,13,14). The van der Waals surface area contributed by atoms with Gasteiger partial charge in [0.15, 0.2) is 5.79 Å². The summed E-state index contributed by atoms with van der Waals surface area (Å²) in [5.74, 6) is -0.112. The Balaban J connectivity index is 2.10. The summed E-state index contributed by atoms with van der Waals surface area (Å²) >= 11 is 0. The van der Waals surface area contributed by atoms with Crippen molar-refractivity contribution in [2.45, 2.75) is 52.1 Å². The summed E-state index contributed by atoms with van der Waals surface area (Å²) in [5.41, 5.74) is 0. The van der Waals surface area contributed by atoms with Crippen LogP contribution in [0.15, 0.2) is 0 Å². The van der Waals surface area contributed by atoms with Crippen LogP contribution in [0.25, 0.3) is 0 Å². The van der Waals surface area contributed by atoms with Gasteiger partial charge < -0.3 is 14.8 Å². The monoisotopic (exact) mass is 227 g/mol. The third kappa shape index (κ3) is 1.96. The van der Waals surface area contributed by atoms with Gasteiger partial charge in [-0.2, -0.15) is 0 Å². The molecule has 1 aliphatic heterocycles. The molecule has 2 rings (SSSR count). The van der Waals surface area contributed by atoms with E-state index in [1.54, 1.807) is 0 Å².